The number of nitrogens with one attached hydrogen (secondary N) is 1. The molecule has 0 spiro atoms. The van der Waals surface area contributed by atoms with E-state index in [0.717, 1.165) is 29.7 Å². The zero-order chi connectivity index (χ0) is 22.7. The van der Waals surface area contributed by atoms with Gasteiger partial charge < -0.3 is 19.6 Å². The summed E-state index contributed by atoms with van der Waals surface area (Å²) >= 11 is 0. The number of ketones is 1. The molecule has 0 radical (unpaired) electrons. The molecule has 0 aliphatic carbocycles. The van der Waals surface area contributed by atoms with Crippen LogP contribution in [-0.2, 0) is 9.59 Å². The van der Waals surface area contributed by atoms with E-state index in [1.807, 2.05) is 38.1 Å². The number of likely N-dealkylation sites (tertiary alicyclic amines) is 1. The number of methoxy groups -OCH3 is 1. The number of aliphatic hydroxyl groups excluding tert-OH is 1. The molecule has 6 heteroatoms. The lowest BCUT2D eigenvalue weighted by Gasteiger charge is -2.25. The normalized spacial score (nSPS) is 18.1. The van der Waals surface area contributed by atoms with Crippen molar-refractivity contribution in [2.75, 3.05) is 34.3 Å². The van der Waals surface area contributed by atoms with E-state index in [2.05, 4.69) is 14.1 Å². The van der Waals surface area contributed by atoms with E-state index in [1.165, 1.54) is 4.90 Å². The van der Waals surface area contributed by atoms with Crippen LogP contribution in [0.5, 0.6) is 5.75 Å². The molecular weight excluding hydrogens is 392 g/mol. The third-order valence-corrected chi connectivity index (χ3v) is 5.70. The molecule has 1 atom stereocenters. The molecule has 2 aromatic carbocycles. The lowest BCUT2D eigenvalue weighted by molar-refractivity contribution is -0.858. The molecule has 1 amide bonds. The molecule has 1 saturated heterocycles. The number of carbonyl (C=O) groups excluding carboxylic acids is 2. The van der Waals surface area contributed by atoms with Gasteiger partial charge in [0.05, 0.1) is 39.4 Å². The van der Waals surface area contributed by atoms with Crippen molar-refractivity contribution in [3.63, 3.8) is 0 Å². The first-order valence-electron chi connectivity index (χ1n) is 10.5. The first-order chi connectivity index (χ1) is 14.7. The minimum absolute atomic E-state index is 0.138. The molecule has 2 N–H and O–H groups in total. The summed E-state index contributed by atoms with van der Waals surface area (Å²) in [5, 5.41) is 11.2. The van der Waals surface area contributed by atoms with Gasteiger partial charge in [0.2, 0.25) is 0 Å². The van der Waals surface area contributed by atoms with Crippen LogP contribution in [0.2, 0.25) is 0 Å². The van der Waals surface area contributed by atoms with Gasteiger partial charge in [0.25, 0.3) is 11.7 Å². The van der Waals surface area contributed by atoms with Crippen LogP contribution in [0.4, 0.5) is 0 Å². The van der Waals surface area contributed by atoms with Crippen molar-refractivity contribution < 1.29 is 24.3 Å². The quantitative estimate of drug-likeness (QED) is 0.407. The van der Waals surface area contributed by atoms with Gasteiger partial charge in [-0.25, -0.2) is 0 Å². The highest BCUT2D eigenvalue weighted by Crippen LogP contribution is 2.40. The van der Waals surface area contributed by atoms with E-state index < -0.39 is 17.7 Å². The fourth-order valence-corrected chi connectivity index (χ4v) is 3.98. The van der Waals surface area contributed by atoms with Crippen LogP contribution in [0.1, 0.15) is 34.7 Å². The van der Waals surface area contributed by atoms with Gasteiger partial charge in [0.1, 0.15) is 11.5 Å². The number of Topliss-reactive ketones (excluding diaryl/α,β-unsaturated/α-hetero) is 1. The molecule has 3 rings (SSSR count). The summed E-state index contributed by atoms with van der Waals surface area (Å²) in [5.41, 5.74) is 3.33. The van der Waals surface area contributed by atoms with Gasteiger partial charge in [-0.1, -0.05) is 29.8 Å². The number of carbonyl (C=O) groups is 2. The predicted octanol–water partition coefficient (Wildman–Crippen LogP) is 2.27. The Kier molecular flexibility index (Phi) is 6.81. The van der Waals surface area contributed by atoms with Crippen molar-refractivity contribution in [3.8, 4) is 5.75 Å². The number of nitrogens with zero attached hydrogens (tertiary/aromatic N) is 1. The van der Waals surface area contributed by atoms with Gasteiger partial charge in [0, 0.05) is 18.5 Å². The third kappa shape index (κ3) is 4.64. The number of quaternary nitrogens is 1. The maximum Gasteiger partial charge on any atom is 0.295 e. The summed E-state index contributed by atoms with van der Waals surface area (Å²) in [6, 6.07) is 12.4. The number of benzene rings is 2. The minimum atomic E-state index is -0.643. The van der Waals surface area contributed by atoms with Crippen LogP contribution in [0.3, 0.4) is 0 Å². The lowest BCUT2D eigenvalue weighted by atomic mass is 9.93. The number of aliphatic hydroxyl groups is 1. The summed E-state index contributed by atoms with van der Waals surface area (Å²) in [5.74, 6) is -0.692. The zero-order valence-electron chi connectivity index (χ0n) is 18.9. The molecule has 1 aliphatic heterocycles. The monoisotopic (exact) mass is 423 g/mol. The Labute approximate surface area is 183 Å². The maximum atomic E-state index is 13.1. The number of hydrogen-bond acceptors (Lipinski definition) is 4. The largest absolute Gasteiger partial charge is 0.507 e. The molecule has 0 saturated carbocycles. The van der Waals surface area contributed by atoms with Crippen molar-refractivity contribution in [2.24, 2.45) is 0 Å². The summed E-state index contributed by atoms with van der Waals surface area (Å²) in [7, 11) is 5.68. The van der Waals surface area contributed by atoms with E-state index in [4.69, 9.17) is 4.74 Å². The highest BCUT2D eigenvalue weighted by Gasteiger charge is 2.45. The molecule has 1 aliphatic rings. The molecule has 0 unspecified atom stereocenters. The zero-order valence-corrected chi connectivity index (χ0v) is 18.9. The van der Waals surface area contributed by atoms with Crippen LogP contribution in [0.25, 0.3) is 5.76 Å². The van der Waals surface area contributed by atoms with Crippen LogP contribution < -0.4 is 9.64 Å². The second kappa shape index (κ2) is 9.35. The second-order valence-electron chi connectivity index (χ2n) is 8.39. The Balaban J connectivity index is 2.11. The number of aryl methyl sites for hydroxylation is 2. The van der Waals surface area contributed by atoms with E-state index in [9.17, 15) is 14.7 Å². The Morgan fingerprint density at radius 1 is 1.10 bits per heavy atom. The van der Waals surface area contributed by atoms with E-state index in [0.29, 0.717) is 17.9 Å². The van der Waals surface area contributed by atoms with Crippen molar-refractivity contribution in [1.29, 1.82) is 0 Å². The fourth-order valence-electron chi connectivity index (χ4n) is 3.98. The average Bonchev–Trinajstić information content (AvgIpc) is 2.98. The Morgan fingerprint density at radius 3 is 2.35 bits per heavy atom. The smallest absolute Gasteiger partial charge is 0.295 e. The molecule has 1 fully saturated rings. The summed E-state index contributed by atoms with van der Waals surface area (Å²) in [6.45, 7) is 5.16. The first-order valence-corrected chi connectivity index (χ1v) is 10.5. The molecule has 0 aromatic heterocycles. The van der Waals surface area contributed by atoms with E-state index in [-0.39, 0.29) is 11.3 Å². The van der Waals surface area contributed by atoms with Gasteiger partial charge in [0.15, 0.2) is 0 Å². The summed E-state index contributed by atoms with van der Waals surface area (Å²) in [6.07, 6.45) is 0.763. The maximum absolute atomic E-state index is 13.1. The van der Waals surface area contributed by atoms with Crippen molar-refractivity contribution in [1.82, 2.24) is 4.90 Å². The first kappa shape index (κ1) is 22.6. The predicted molar refractivity (Wildman–Crippen MR) is 120 cm³/mol. The minimum Gasteiger partial charge on any atom is -0.507 e. The van der Waals surface area contributed by atoms with Gasteiger partial charge >= 0.3 is 0 Å². The summed E-state index contributed by atoms with van der Waals surface area (Å²) < 4.78 is 5.25. The second-order valence-corrected chi connectivity index (χ2v) is 8.39. The van der Waals surface area contributed by atoms with Crippen LogP contribution in [0, 0.1) is 13.8 Å². The molecular formula is C25H31N2O4+. The van der Waals surface area contributed by atoms with Gasteiger partial charge in [-0.3, -0.25) is 9.59 Å². The van der Waals surface area contributed by atoms with Crippen LogP contribution in [0.15, 0.2) is 48.0 Å². The number of rotatable bonds is 7. The van der Waals surface area contributed by atoms with Crippen molar-refractivity contribution in [3.05, 3.63) is 70.3 Å². The SMILES string of the molecule is COc1ccc(/C(O)=C2\C(=O)C(=O)N(CCC[NH+](C)C)[C@H]2c2ccc(C)cc2)c(C)c1. The van der Waals surface area contributed by atoms with Crippen LogP contribution in [-0.4, -0.2) is 56.0 Å². The van der Waals surface area contributed by atoms with Crippen LogP contribution >= 0.6 is 0 Å². The Hall–Kier alpha value is -3.12. The molecule has 1 heterocycles. The van der Waals surface area contributed by atoms with Gasteiger partial charge in [-0.2, -0.15) is 0 Å². The highest BCUT2D eigenvalue weighted by molar-refractivity contribution is 6.46. The highest BCUT2D eigenvalue weighted by atomic mass is 16.5. The fraction of sp³-hybridized carbons (Fsp3) is 0.360. The van der Waals surface area contributed by atoms with Crippen molar-refractivity contribution in [2.45, 2.75) is 26.3 Å². The number of amides is 1. The topological polar surface area (TPSA) is 71.3 Å². The van der Waals surface area contributed by atoms with E-state index in [1.54, 1.807) is 30.2 Å². The Bertz CT molecular complexity index is 1010. The number of hydrogen-bond donors (Lipinski definition) is 2. The average molecular weight is 424 g/mol. The molecule has 0 bridgehead atoms. The third-order valence-electron chi connectivity index (χ3n) is 5.70. The lowest BCUT2D eigenvalue weighted by Crippen LogP contribution is -3.05. The molecule has 6 nitrogen and oxygen atoms in total. The Morgan fingerprint density at radius 2 is 1.77 bits per heavy atom. The molecule has 2 aromatic rings. The molecule has 31 heavy (non-hydrogen) atoms. The standard InChI is InChI=1S/C25H30N2O4/c1-16-7-9-18(10-8-16)22-21(23(28)20-12-11-19(31-5)15-17(20)2)24(29)25(30)27(22)14-6-13-26(3)4/h7-12,15,22,28H,6,13-14H2,1-5H3/p+1/b23-21+/t22-/m0/s1. The van der Waals surface area contributed by atoms with Gasteiger partial charge in [-0.05, 0) is 43.2 Å². The van der Waals surface area contributed by atoms with Crippen molar-refractivity contribution >= 4 is 17.4 Å². The molecule has 164 valence electrons. The van der Waals surface area contributed by atoms with Gasteiger partial charge in [-0.15, -0.1) is 0 Å². The summed E-state index contributed by atoms with van der Waals surface area (Å²) in [4.78, 5) is 28.9. The van der Waals surface area contributed by atoms with E-state index >= 15 is 0 Å². The number of ether oxygens (including phenoxy) is 1.